The largest absolute Gasteiger partial charge is 0.351 e. The fourth-order valence-electron chi connectivity index (χ4n) is 2.75. The number of rotatable bonds is 1. The van der Waals surface area contributed by atoms with Crippen molar-refractivity contribution in [3.8, 4) is 12.1 Å². The Morgan fingerprint density at radius 3 is 2.57 bits per heavy atom. The molecule has 21 heavy (non-hydrogen) atoms. The number of allylic oxidation sites excluding steroid dienone is 8. The maximum atomic E-state index is 9.09. The van der Waals surface area contributed by atoms with Gasteiger partial charge in [0.05, 0.1) is 0 Å². The molecule has 3 heteroatoms. The lowest BCUT2D eigenvalue weighted by Gasteiger charge is -2.31. The average Bonchev–Trinajstić information content (AvgIpc) is 2.41. The normalized spacial score (nSPS) is 21.8. The van der Waals surface area contributed by atoms with Gasteiger partial charge in [-0.3, -0.25) is 0 Å². The Bertz CT molecular complexity index is 654. The minimum absolute atomic E-state index is 0.0578. The van der Waals surface area contributed by atoms with E-state index in [1.165, 1.54) is 0 Å². The highest BCUT2D eigenvalue weighted by Gasteiger charge is 2.26. The molecule has 0 aromatic rings. The highest BCUT2D eigenvalue weighted by Crippen LogP contribution is 2.39. The Hall–Kier alpha value is -2.52. The monoisotopic (exact) mass is 277 g/mol. The Morgan fingerprint density at radius 1 is 1.24 bits per heavy atom. The summed E-state index contributed by atoms with van der Waals surface area (Å²) >= 11 is 0. The van der Waals surface area contributed by atoms with Crippen LogP contribution in [0, 0.1) is 28.1 Å². The van der Waals surface area contributed by atoms with Gasteiger partial charge < -0.3 is 4.90 Å². The molecule has 0 bridgehead atoms. The zero-order valence-corrected chi connectivity index (χ0v) is 12.7. The van der Waals surface area contributed by atoms with Crippen molar-refractivity contribution in [3.63, 3.8) is 0 Å². The summed E-state index contributed by atoms with van der Waals surface area (Å²) in [7, 11) is 2.01. The fourth-order valence-corrected chi connectivity index (χ4v) is 2.75. The number of likely N-dealkylation sites (N-methyl/N-ethyl adjacent to an activating group) is 1. The van der Waals surface area contributed by atoms with Crippen molar-refractivity contribution < 1.29 is 0 Å². The quantitative estimate of drug-likeness (QED) is 0.681. The van der Waals surface area contributed by atoms with Gasteiger partial charge in [0.15, 0.2) is 0 Å². The molecular weight excluding hydrogens is 258 g/mol. The van der Waals surface area contributed by atoms with E-state index in [-0.39, 0.29) is 11.0 Å². The number of nitriles is 2. The Balaban J connectivity index is 2.44. The highest BCUT2D eigenvalue weighted by molar-refractivity contribution is 5.50. The van der Waals surface area contributed by atoms with Crippen molar-refractivity contribution in [2.45, 2.75) is 26.7 Å². The molecule has 0 aromatic heterocycles. The van der Waals surface area contributed by atoms with Crippen LogP contribution in [0.1, 0.15) is 26.7 Å². The first-order chi connectivity index (χ1) is 9.95. The maximum Gasteiger partial charge on any atom is 0.132 e. The van der Waals surface area contributed by atoms with Gasteiger partial charge in [0.25, 0.3) is 0 Å². The van der Waals surface area contributed by atoms with Gasteiger partial charge in [-0.05, 0) is 47.6 Å². The molecule has 1 aliphatic heterocycles. The van der Waals surface area contributed by atoms with Gasteiger partial charge in [-0.2, -0.15) is 10.5 Å². The minimum atomic E-state index is 0.0578. The third kappa shape index (κ3) is 3.52. The first-order valence-corrected chi connectivity index (χ1v) is 6.98. The second-order valence-electron chi connectivity index (χ2n) is 6.24. The van der Waals surface area contributed by atoms with Crippen LogP contribution in [0.25, 0.3) is 0 Å². The molecule has 0 saturated heterocycles. The molecule has 2 rings (SSSR count). The third-order valence-corrected chi connectivity index (χ3v) is 3.68. The van der Waals surface area contributed by atoms with Gasteiger partial charge in [0.1, 0.15) is 17.7 Å². The van der Waals surface area contributed by atoms with Gasteiger partial charge in [-0.1, -0.05) is 26.0 Å². The molecule has 106 valence electrons. The molecule has 1 aliphatic carbocycles. The number of hydrogen-bond acceptors (Lipinski definition) is 3. The molecule has 3 nitrogen and oxygen atoms in total. The molecule has 0 spiro atoms. The van der Waals surface area contributed by atoms with Crippen molar-refractivity contribution in [2.24, 2.45) is 5.41 Å². The first kappa shape index (κ1) is 14.9. The molecule has 0 unspecified atom stereocenters. The van der Waals surface area contributed by atoms with E-state index in [1.54, 1.807) is 0 Å². The molecule has 0 amide bonds. The zero-order chi connectivity index (χ0) is 15.5. The summed E-state index contributed by atoms with van der Waals surface area (Å²) in [5.41, 5.74) is 3.40. The van der Waals surface area contributed by atoms with Crippen LogP contribution < -0.4 is 0 Å². The van der Waals surface area contributed by atoms with Crippen LogP contribution in [0.2, 0.25) is 0 Å². The van der Waals surface area contributed by atoms with Gasteiger partial charge in [0.2, 0.25) is 0 Å². The van der Waals surface area contributed by atoms with Gasteiger partial charge >= 0.3 is 0 Å². The van der Waals surface area contributed by atoms with Gasteiger partial charge in [-0.15, -0.1) is 0 Å². The van der Waals surface area contributed by atoms with Crippen LogP contribution in [0.4, 0.5) is 0 Å². The van der Waals surface area contributed by atoms with E-state index < -0.39 is 0 Å². The first-order valence-electron chi connectivity index (χ1n) is 6.98. The lowest BCUT2D eigenvalue weighted by atomic mass is 9.74. The van der Waals surface area contributed by atoms with Crippen LogP contribution in [-0.4, -0.2) is 11.9 Å². The standard InChI is InChI=1S/C18H19N3/c1-18(2)10-14(8-15(11-18)16(12-19)13-20)9-17-6-4-5-7-21(17)3/h4-9H,10-11H2,1-3H3/b17-9+. The summed E-state index contributed by atoms with van der Waals surface area (Å²) in [6, 6.07) is 4.02. The Kier molecular flexibility index (Phi) is 4.15. The SMILES string of the molecule is CN1C=CC=C/C1=C\C1=CC(=C(C#N)C#N)CC(C)(C)C1. The van der Waals surface area contributed by atoms with E-state index in [1.807, 2.05) is 43.6 Å². The summed E-state index contributed by atoms with van der Waals surface area (Å²) in [6.07, 6.45) is 13.9. The summed E-state index contributed by atoms with van der Waals surface area (Å²) in [4.78, 5) is 2.06. The van der Waals surface area contributed by atoms with Gasteiger partial charge in [-0.25, -0.2) is 0 Å². The Morgan fingerprint density at radius 2 is 1.95 bits per heavy atom. The van der Waals surface area contributed by atoms with E-state index in [0.29, 0.717) is 0 Å². The van der Waals surface area contributed by atoms with Gasteiger partial charge in [0, 0.05) is 18.9 Å². The van der Waals surface area contributed by atoms with E-state index in [2.05, 4.69) is 30.9 Å². The smallest absolute Gasteiger partial charge is 0.132 e. The van der Waals surface area contributed by atoms with Crippen LogP contribution >= 0.6 is 0 Å². The zero-order valence-electron chi connectivity index (χ0n) is 12.7. The number of nitrogens with zero attached hydrogens (tertiary/aromatic N) is 3. The minimum Gasteiger partial charge on any atom is -0.351 e. The third-order valence-electron chi connectivity index (χ3n) is 3.68. The topological polar surface area (TPSA) is 50.8 Å². The van der Waals surface area contributed by atoms with Crippen LogP contribution in [0.5, 0.6) is 0 Å². The molecular formula is C18H19N3. The summed E-state index contributed by atoms with van der Waals surface area (Å²) in [5.74, 6) is 0. The predicted octanol–water partition coefficient (Wildman–Crippen LogP) is 3.98. The molecule has 0 N–H and O–H groups in total. The van der Waals surface area contributed by atoms with E-state index in [4.69, 9.17) is 10.5 Å². The molecule has 2 aliphatic rings. The second-order valence-corrected chi connectivity index (χ2v) is 6.24. The van der Waals surface area contributed by atoms with Crippen LogP contribution in [0.15, 0.2) is 59.0 Å². The molecule has 0 aromatic carbocycles. The predicted molar refractivity (Wildman–Crippen MR) is 83.5 cm³/mol. The summed E-state index contributed by atoms with van der Waals surface area (Å²) < 4.78 is 0. The molecule has 0 saturated carbocycles. The number of hydrogen-bond donors (Lipinski definition) is 0. The van der Waals surface area contributed by atoms with Crippen LogP contribution in [0.3, 0.4) is 0 Å². The van der Waals surface area contributed by atoms with E-state index >= 15 is 0 Å². The van der Waals surface area contributed by atoms with Crippen LogP contribution in [-0.2, 0) is 0 Å². The summed E-state index contributed by atoms with van der Waals surface area (Å²) in [5, 5.41) is 18.2. The lowest BCUT2D eigenvalue weighted by molar-refractivity contribution is 0.354. The van der Waals surface area contributed by atoms with Crippen molar-refractivity contribution >= 4 is 0 Å². The second kappa shape index (κ2) is 5.85. The lowest BCUT2D eigenvalue weighted by Crippen LogP contribution is -2.18. The van der Waals surface area contributed by atoms with Crippen molar-refractivity contribution in [3.05, 3.63) is 59.0 Å². The molecule has 0 radical (unpaired) electrons. The van der Waals surface area contributed by atoms with Crippen molar-refractivity contribution in [1.82, 2.24) is 4.90 Å². The average molecular weight is 277 g/mol. The highest BCUT2D eigenvalue weighted by atomic mass is 15.1. The van der Waals surface area contributed by atoms with E-state index in [0.717, 1.165) is 29.7 Å². The summed E-state index contributed by atoms with van der Waals surface area (Å²) in [6.45, 7) is 4.34. The van der Waals surface area contributed by atoms with E-state index in [9.17, 15) is 0 Å². The molecule has 1 heterocycles. The van der Waals surface area contributed by atoms with Crippen molar-refractivity contribution in [1.29, 1.82) is 10.5 Å². The molecule has 0 fully saturated rings. The Labute approximate surface area is 126 Å². The van der Waals surface area contributed by atoms with Crippen molar-refractivity contribution in [2.75, 3.05) is 7.05 Å². The maximum absolute atomic E-state index is 9.09. The fraction of sp³-hybridized carbons (Fsp3) is 0.333. The molecule has 0 atom stereocenters.